The Bertz CT molecular complexity index is 432. The molecule has 0 spiro atoms. The first-order valence-corrected chi connectivity index (χ1v) is 6.94. The van der Waals surface area contributed by atoms with Gasteiger partial charge in [-0.3, -0.25) is 4.72 Å². The lowest BCUT2D eigenvalue weighted by Gasteiger charge is -2.09. The van der Waals surface area contributed by atoms with Crippen molar-refractivity contribution in [3.05, 3.63) is 23.8 Å². The summed E-state index contributed by atoms with van der Waals surface area (Å²) in [5, 5.41) is 0. The molecule has 1 aromatic carbocycles. The highest BCUT2D eigenvalue weighted by atomic mass is 32.2. The number of hydrogen-bond acceptors (Lipinski definition) is 3. The average molecular weight is 247 g/mol. The highest BCUT2D eigenvalue weighted by Gasteiger charge is 2.07. The molecule has 0 atom stereocenters. The summed E-state index contributed by atoms with van der Waals surface area (Å²) in [5.41, 5.74) is 1.44. The minimum atomic E-state index is -3.26. The van der Waals surface area contributed by atoms with E-state index in [0.29, 0.717) is 11.4 Å². The Morgan fingerprint density at radius 1 is 1.31 bits per heavy atom. The third-order valence-corrected chi connectivity index (χ3v) is 2.24. The molecule has 0 heterocycles. The van der Waals surface area contributed by atoms with E-state index in [1.807, 2.05) is 26.8 Å². The summed E-state index contributed by atoms with van der Waals surface area (Å²) >= 11 is 0. The average Bonchev–Trinajstić information content (AvgIpc) is 2.19. The van der Waals surface area contributed by atoms with E-state index in [1.54, 1.807) is 12.1 Å². The zero-order valence-electron chi connectivity index (χ0n) is 10.4. The lowest BCUT2D eigenvalue weighted by Crippen LogP contribution is -2.10. The van der Waals surface area contributed by atoms with E-state index in [2.05, 4.69) is 4.72 Å². The molecule has 0 saturated carbocycles. The zero-order chi connectivity index (χ0) is 12.8. The van der Waals surface area contributed by atoms with Crippen molar-refractivity contribution in [2.24, 2.45) is 0 Å². The Kier molecular flexibility index (Phi) is 5.88. The van der Waals surface area contributed by atoms with Crippen LogP contribution in [0.25, 0.3) is 0 Å². The maximum atomic E-state index is 11.0. The van der Waals surface area contributed by atoms with Crippen molar-refractivity contribution in [3.63, 3.8) is 0 Å². The maximum absolute atomic E-state index is 11.0. The molecule has 0 aliphatic heterocycles. The van der Waals surface area contributed by atoms with Crippen LogP contribution < -0.4 is 9.46 Å². The molecule has 0 amide bonds. The molecule has 0 bridgehead atoms. The lowest BCUT2D eigenvalue weighted by molar-refractivity contribution is 0.417. The Balaban J connectivity index is 0. The van der Waals surface area contributed by atoms with Crippen LogP contribution in [0.1, 0.15) is 20.8 Å². The SMILES string of the molecule is CC.COc1ccc(C)cc1NS(C)(=O)=O.[HH]. The van der Waals surface area contributed by atoms with E-state index in [1.165, 1.54) is 7.11 Å². The summed E-state index contributed by atoms with van der Waals surface area (Å²) in [4.78, 5) is 0. The van der Waals surface area contributed by atoms with Crippen LogP contribution in [-0.4, -0.2) is 21.8 Å². The number of aryl methyl sites for hydroxylation is 1. The first-order chi connectivity index (χ1) is 7.42. The number of anilines is 1. The van der Waals surface area contributed by atoms with Gasteiger partial charge in [0.2, 0.25) is 10.0 Å². The number of nitrogens with one attached hydrogen (secondary N) is 1. The van der Waals surface area contributed by atoms with Crippen molar-refractivity contribution in [1.82, 2.24) is 0 Å². The van der Waals surface area contributed by atoms with Crippen molar-refractivity contribution >= 4 is 15.7 Å². The van der Waals surface area contributed by atoms with Crippen LogP contribution in [0.15, 0.2) is 18.2 Å². The second-order valence-electron chi connectivity index (χ2n) is 3.08. The highest BCUT2D eigenvalue weighted by Crippen LogP contribution is 2.25. The number of benzene rings is 1. The molecule has 94 valence electrons. The molecular formula is C11H21NO3S. The van der Waals surface area contributed by atoms with Gasteiger partial charge in [-0.25, -0.2) is 8.42 Å². The van der Waals surface area contributed by atoms with Gasteiger partial charge in [-0.1, -0.05) is 19.9 Å². The summed E-state index contributed by atoms with van der Waals surface area (Å²) in [7, 11) is -1.76. The summed E-state index contributed by atoms with van der Waals surface area (Å²) in [6.07, 6.45) is 1.11. The molecule has 1 aromatic rings. The van der Waals surface area contributed by atoms with Crippen LogP contribution in [-0.2, 0) is 10.0 Å². The van der Waals surface area contributed by atoms with Gasteiger partial charge < -0.3 is 4.74 Å². The van der Waals surface area contributed by atoms with E-state index >= 15 is 0 Å². The minimum absolute atomic E-state index is 0. The van der Waals surface area contributed by atoms with Crippen molar-refractivity contribution in [2.75, 3.05) is 18.1 Å². The van der Waals surface area contributed by atoms with Gasteiger partial charge >= 0.3 is 0 Å². The van der Waals surface area contributed by atoms with Crippen molar-refractivity contribution < 1.29 is 14.6 Å². The van der Waals surface area contributed by atoms with Gasteiger partial charge in [0.25, 0.3) is 0 Å². The van der Waals surface area contributed by atoms with Crippen LogP contribution in [0.4, 0.5) is 5.69 Å². The number of hydrogen-bond donors (Lipinski definition) is 1. The number of rotatable bonds is 3. The molecule has 16 heavy (non-hydrogen) atoms. The molecule has 0 saturated heterocycles. The van der Waals surface area contributed by atoms with E-state index in [0.717, 1.165) is 11.8 Å². The Labute approximate surface area is 99.2 Å². The smallest absolute Gasteiger partial charge is 0.229 e. The Morgan fingerprint density at radius 2 is 1.88 bits per heavy atom. The molecule has 1 rings (SSSR count). The first kappa shape index (κ1) is 14.8. The fourth-order valence-corrected chi connectivity index (χ4v) is 1.66. The lowest BCUT2D eigenvalue weighted by atomic mass is 10.2. The third kappa shape index (κ3) is 5.02. The molecule has 0 radical (unpaired) electrons. The fraction of sp³-hybridized carbons (Fsp3) is 0.455. The molecule has 1 N–H and O–H groups in total. The van der Waals surface area contributed by atoms with Crippen LogP contribution in [0.5, 0.6) is 5.75 Å². The van der Waals surface area contributed by atoms with Crippen LogP contribution in [0.2, 0.25) is 0 Å². The standard InChI is InChI=1S/C9H13NO3S.C2H6.H2/c1-7-4-5-9(13-2)8(6-7)10-14(3,11)12;1-2;/h4-6,10H,1-3H3;1-2H3;1H. The quantitative estimate of drug-likeness (QED) is 0.893. The van der Waals surface area contributed by atoms with Gasteiger partial charge in [-0.2, -0.15) is 0 Å². The zero-order valence-corrected chi connectivity index (χ0v) is 11.2. The second kappa shape index (κ2) is 6.37. The van der Waals surface area contributed by atoms with E-state index in [9.17, 15) is 8.42 Å². The summed E-state index contributed by atoms with van der Waals surface area (Å²) in [5.74, 6) is 0.515. The van der Waals surface area contributed by atoms with Gasteiger partial charge in [0.1, 0.15) is 5.75 Å². The largest absolute Gasteiger partial charge is 0.495 e. The molecule has 4 nitrogen and oxygen atoms in total. The second-order valence-corrected chi connectivity index (χ2v) is 4.83. The molecule has 0 aromatic heterocycles. The topological polar surface area (TPSA) is 55.4 Å². The Hall–Kier alpha value is -1.23. The predicted molar refractivity (Wildman–Crippen MR) is 69.7 cm³/mol. The monoisotopic (exact) mass is 247 g/mol. The van der Waals surface area contributed by atoms with Gasteiger partial charge in [-0.15, -0.1) is 0 Å². The Morgan fingerprint density at radius 3 is 2.31 bits per heavy atom. The van der Waals surface area contributed by atoms with Gasteiger partial charge in [0, 0.05) is 1.43 Å². The molecule has 0 fully saturated rings. The summed E-state index contributed by atoms with van der Waals surface area (Å²) in [6.45, 7) is 5.88. The van der Waals surface area contributed by atoms with Gasteiger partial charge in [0.05, 0.1) is 19.1 Å². The molecular weight excluding hydrogens is 226 g/mol. The van der Waals surface area contributed by atoms with Gasteiger partial charge in [0.15, 0.2) is 0 Å². The number of ether oxygens (including phenoxy) is 1. The van der Waals surface area contributed by atoms with Crippen LogP contribution in [0.3, 0.4) is 0 Å². The summed E-state index contributed by atoms with van der Waals surface area (Å²) < 4.78 is 29.4. The van der Waals surface area contributed by atoms with Crippen molar-refractivity contribution in [2.45, 2.75) is 20.8 Å². The molecule has 0 unspecified atom stereocenters. The highest BCUT2D eigenvalue weighted by molar-refractivity contribution is 7.92. The predicted octanol–water partition coefficient (Wildman–Crippen LogP) is 2.65. The van der Waals surface area contributed by atoms with E-state index in [4.69, 9.17) is 4.74 Å². The van der Waals surface area contributed by atoms with Gasteiger partial charge in [-0.05, 0) is 24.6 Å². The summed E-state index contributed by atoms with van der Waals surface area (Å²) in [6, 6.07) is 5.30. The van der Waals surface area contributed by atoms with Crippen molar-refractivity contribution in [3.8, 4) is 5.75 Å². The fourth-order valence-electron chi connectivity index (χ4n) is 1.10. The van der Waals surface area contributed by atoms with Crippen molar-refractivity contribution in [1.29, 1.82) is 0 Å². The number of methoxy groups -OCH3 is 1. The molecule has 5 heteroatoms. The van der Waals surface area contributed by atoms with E-state index < -0.39 is 10.0 Å². The van der Waals surface area contributed by atoms with E-state index in [-0.39, 0.29) is 1.43 Å². The normalized spacial score (nSPS) is 10.1. The first-order valence-electron chi connectivity index (χ1n) is 5.05. The minimum Gasteiger partial charge on any atom is -0.495 e. The third-order valence-electron chi connectivity index (χ3n) is 1.65. The molecule has 0 aliphatic carbocycles. The maximum Gasteiger partial charge on any atom is 0.229 e. The van der Waals surface area contributed by atoms with Crippen LogP contribution >= 0.6 is 0 Å². The molecule has 0 aliphatic rings. The van der Waals surface area contributed by atoms with Crippen LogP contribution in [0, 0.1) is 6.92 Å². The number of sulfonamides is 1.